The summed E-state index contributed by atoms with van der Waals surface area (Å²) < 4.78 is 5.22. The van der Waals surface area contributed by atoms with Gasteiger partial charge < -0.3 is 20.7 Å². The van der Waals surface area contributed by atoms with Gasteiger partial charge in [0, 0.05) is 24.5 Å². The van der Waals surface area contributed by atoms with Crippen LogP contribution in [0.15, 0.2) is 12.1 Å². The highest BCUT2D eigenvalue weighted by Crippen LogP contribution is 2.22. The zero-order valence-electron chi connectivity index (χ0n) is 10.8. The van der Waals surface area contributed by atoms with Crippen molar-refractivity contribution in [2.24, 2.45) is 0 Å². The lowest BCUT2D eigenvalue weighted by Gasteiger charge is -2.27. The van der Waals surface area contributed by atoms with Gasteiger partial charge in [-0.2, -0.15) is 0 Å². The lowest BCUT2D eigenvalue weighted by Crippen LogP contribution is -2.43. The Bertz CT molecular complexity index is 454. The molecular weight excluding hydrogens is 230 g/mol. The van der Waals surface area contributed by atoms with E-state index in [0.717, 1.165) is 16.8 Å². The fourth-order valence-corrected chi connectivity index (χ4v) is 1.96. The average molecular weight is 249 g/mol. The SMILES string of the molecule is Cc1cc(C)c(NC(=O)N2CCOCC2)cc1N. The normalized spacial score (nSPS) is 15.6. The number of aryl methyl sites for hydroxylation is 2. The highest BCUT2D eigenvalue weighted by molar-refractivity contribution is 5.91. The van der Waals surface area contributed by atoms with Gasteiger partial charge in [-0.15, -0.1) is 0 Å². The highest BCUT2D eigenvalue weighted by atomic mass is 16.5. The van der Waals surface area contributed by atoms with Crippen LogP contribution in [0.4, 0.5) is 16.2 Å². The van der Waals surface area contributed by atoms with Gasteiger partial charge in [-0.25, -0.2) is 4.79 Å². The number of nitrogens with one attached hydrogen (secondary N) is 1. The molecule has 0 atom stereocenters. The molecule has 1 heterocycles. The predicted octanol–water partition coefficient (Wildman–Crippen LogP) is 1.75. The van der Waals surface area contributed by atoms with E-state index in [4.69, 9.17) is 10.5 Å². The maximum Gasteiger partial charge on any atom is 0.322 e. The standard InChI is InChI=1S/C13H19N3O2/c1-9-7-10(2)12(8-11(9)14)15-13(17)16-3-5-18-6-4-16/h7-8H,3-6,14H2,1-2H3,(H,15,17). The summed E-state index contributed by atoms with van der Waals surface area (Å²) in [5.41, 5.74) is 9.37. The number of morpholine rings is 1. The first-order chi connectivity index (χ1) is 8.58. The molecule has 3 N–H and O–H groups in total. The van der Waals surface area contributed by atoms with Crippen molar-refractivity contribution in [1.82, 2.24) is 4.90 Å². The van der Waals surface area contributed by atoms with Gasteiger partial charge in [0.25, 0.3) is 0 Å². The summed E-state index contributed by atoms with van der Waals surface area (Å²) in [6.07, 6.45) is 0. The van der Waals surface area contributed by atoms with Crippen LogP contribution in [0.1, 0.15) is 11.1 Å². The maximum atomic E-state index is 12.0. The van der Waals surface area contributed by atoms with Crippen LogP contribution < -0.4 is 11.1 Å². The molecule has 0 aliphatic carbocycles. The highest BCUT2D eigenvalue weighted by Gasteiger charge is 2.17. The number of rotatable bonds is 1. The van der Waals surface area contributed by atoms with Crippen molar-refractivity contribution in [2.45, 2.75) is 13.8 Å². The van der Waals surface area contributed by atoms with Crippen LogP contribution in [0.25, 0.3) is 0 Å². The second kappa shape index (κ2) is 5.27. The van der Waals surface area contributed by atoms with Crippen molar-refractivity contribution in [1.29, 1.82) is 0 Å². The van der Waals surface area contributed by atoms with E-state index < -0.39 is 0 Å². The molecule has 18 heavy (non-hydrogen) atoms. The van der Waals surface area contributed by atoms with E-state index in [1.165, 1.54) is 0 Å². The summed E-state index contributed by atoms with van der Waals surface area (Å²) in [6, 6.07) is 3.69. The van der Waals surface area contributed by atoms with E-state index in [-0.39, 0.29) is 6.03 Å². The van der Waals surface area contributed by atoms with Gasteiger partial charge in [0.05, 0.1) is 13.2 Å². The Kier molecular flexibility index (Phi) is 3.72. The largest absolute Gasteiger partial charge is 0.398 e. The van der Waals surface area contributed by atoms with Crippen LogP contribution in [0, 0.1) is 13.8 Å². The van der Waals surface area contributed by atoms with Crippen LogP contribution >= 0.6 is 0 Å². The number of ether oxygens (including phenoxy) is 1. The Hall–Kier alpha value is -1.75. The fourth-order valence-electron chi connectivity index (χ4n) is 1.96. The summed E-state index contributed by atoms with van der Waals surface area (Å²) in [7, 11) is 0. The third kappa shape index (κ3) is 2.73. The van der Waals surface area contributed by atoms with Gasteiger partial charge in [-0.05, 0) is 31.0 Å². The second-order valence-electron chi connectivity index (χ2n) is 4.55. The monoisotopic (exact) mass is 249 g/mol. The van der Waals surface area contributed by atoms with Crippen LogP contribution in [-0.2, 0) is 4.74 Å². The molecule has 1 saturated heterocycles. The Balaban J connectivity index is 2.08. The molecule has 98 valence electrons. The van der Waals surface area contributed by atoms with Crippen molar-refractivity contribution in [3.63, 3.8) is 0 Å². The van der Waals surface area contributed by atoms with Crippen LogP contribution in [0.2, 0.25) is 0 Å². The van der Waals surface area contributed by atoms with E-state index in [0.29, 0.717) is 32.0 Å². The summed E-state index contributed by atoms with van der Waals surface area (Å²) >= 11 is 0. The van der Waals surface area contributed by atoms with Crippen LogP contribution in [0.3, 0.4) is 0 Å². The predicted molar refractivity (Wildman–Crippen MR) is 71.7 cm³/mol. The first-order valence-electron chi connectivity index (χ1n) is 6.08. The van der Waals surface area contributed by atoms with Gasteiger partial charge in [0.1, 0.15) is 0 Å². The summed E-state index contributed by atoms with van der Waals surface area (Å²) in [6.45, 7) is 6.38. The third-order valence-electron chi connectivity index (χ3n) is 3.15. The molecule has 0 spiro atoms. The second-order valence-corrected chi connectivity index (χ2v) is 4.55. The van der Waals surface area contributed by atoms with E-state index in [2.05, 4.69) is 5.32 Å². The van der Waals surface area contributed by atoms with E-state index in [1.807, 2.05) is 26.0 Å². The Morgan fingerprint density at radius 3 is 2.61 bits per heavy atom. The molecule has 0 unspecified atom stereocenters. The van der Waals surface area contributed by atoms with Gasteiger partial charge >= 0.3 is 6.03 Å². The van der Waals surface area contributed by atoms with Gasteiger partial charge in [-0.3, -0.25) is 0 Å². The molecule has 2 amide bonds. The molecule has 0 bridgehead atoms. The molecule has 5 nitrogen and oxygen atoms in total. The number of carbonyl (C=O) groups excluding carboxylic acids is 1. The quantitative estimate of drug-likeness (QED) is 0.745. The molecule has 2 rings (SSSR count). The number of benzene rings is 1. The molecule has 0 saturated carbocycles. The number of hydrogen-bond donors (Lipinski definition) is 2. The Morgan fingerprint density at radius 1 is 1.28 bits per heavy atom. The van der Waals surface area contributed by atoms with Gasteiger partial charge in [0.2, 0.25) is 0 Å². The van der Waals surface area contributed by atoms with Crippen molar-refractivity contribution in [3.8, 4) is 0 Å². The topological polar surface area (TPSA) is 67.6 Å². The zero-order chi connectivity index (χ0) is 13.1. The maximum absolute atomic E-state index is 12.0. The molecular formula is C13H19N3O2. The minimum atomic E-state index is -0.0929. The molecule has 1 aliphatic rings. The number of amides is 2. The van der Waals surface area contributed by atoms with Crippen molar-refractivity contribution in [3.05, 3.63) is 23.3 Å². The summed E-state index contributed by atoms with van der Waals surface area (Å²) in [5.74, 6) is 0. The molecule has 0 radical (unpaired) electrons. The Labute approximate surface area is 107 Å². The number of carbonyl (C=O) groups is 1. The molecule has 1 aromatic carbocycles. The van der Waals surface area contributed by atoms with Gasteiger partial charge in [0.15, 0.2) is 0 Å². The number of hydrogen-bond acceptors (Lipinski definition) is 3. The zero-order valence-corrected chi connectivity index (χ0v) is 10.8. The number of urea groups is 1. The molecule has 1 aliphatic heterocycles. The summed E-state index contributed by atoms with van der Waals surface area (Å²) in [4.78, 5) is 13.8. The number of nitrogen functional groups attached to an aromatic ring is 1. The van der Waals surface area contributed by atoms with Crippen molar-refractivity contribution < 1.29 is 9.53 Å². The molecule has 0 aromatic heterocycles. The molecule has 1 fully saturated rings. The molecule has 1 aromatic rings. The lowest BCUT2D eigenvalue weighted by atomic mass is 10.1. The Morgan fingerprint density at radius 2 is 1.94 bits per heavy atom. The van der Waals surface area contributed by atoms with Crippen molar-refractivity contribution in [2.75, 3.05) is 37.4 Å². The minimum absolute atomic E-state index is 0.0929. The molecule has 5 heteroatoms. The summed E-state index contributed by atoms with van der Waals surface area (Å²) in [5, 5.41) is 2.90. The number of anilines is 2. The third-order valence-corrected chi connectivity index (χ3v) is 3.15. The first-order valence-corrected chi connectivity index (χ1v) is 6.08. The fraction of sp³-hybridized carbons (Fsp3) is 0.462. The minimum Gasteiger partial charge on any atom is -0.398 e. The number of nitrogens with zero attached hydrogens (tertiary/aromatic N) is 1. The van der Waals surface area contributed by atoms with Crippen LogP contribution in [0.5, 0.6) is 0 Å². The number of nitrogens with two attached hydrogens (primary N) is 1. The van der Waals surface area contributed by atoms with E-state index in [9.17, 15) is 4.79 Å². The smallest absolute Gasteiger partial charge is 0.322 e. The van der Waals surface area contributed by atoms with Crippen LogP contribution in [-0.4, -0.2) is 37.2 Å². The van der Waals surface area contributed by atoms with E-state index in [1.54, 1.807) is 4.90 Å². The van der Waals surface area contributed by atoms with Gasteiger partial charge in [-0.1, -0.05) is 6.07 Å². The van der Waals surface area contributed by atoms with Crippen molar-refractivity contribution >= 4 is 17.4 Å². The lowest BCUT2D eigenvalue weighted by molar-refractivity contribution is 0.0564. The first kappa shape index (κ1) is 12.7. The average Bonchev–Trinajstić information content (AvgIpc) is 2.37. The van der Waals surface area contributed by atoms with E-state index >= 15 is 0 Å².